The zero-order valence-corrected chi connectivity index (χ0v) is 7.60. The molecule has 0 heterocycles. The Morgan fingerprint density at radius 2 is 2.18 bits per heavy atom. The van der Waals surface area contributed by atoms with Crippen LogP contribution in [0.3, 0.4) is 0 Å². The van der Waals surface area contributed by atoms with Gasteiger partial charge in [-0.3, -0.25) is 0 Å². The highest BCUT2D eigenvalue weighted by molar-refractivity contribution is 7.45. The fourth-order valence-corrected chi connectivity index (χ4v) is 1.34. The Morgan fingerprint density at radius 1 is 1.55 bits per heavy atom. The summed E-state index contributed by atoms with van der Waals surface area (Å²) in [6.07, 6.45) is 0.0900. The Kier molecular flexibility index (Phi) is 5.99. The van der Waals surface area contributed by atoms with E-state index in [1.165, 1.54) is 7.11 Å². The molecule has 5 heteroatoms. The van der Waals surface area contributed by atoms with E-state index in [1.807, 2.05) is 0 Å². The molecule has 0 fully saturated rings. The number of esters is 1. The summed E-state index contributed by atoms with van der Waals surface area (Å²) in [6.45, 7) is 2.32. The first kappa shape index (κ1) is 10.5. The molecule has 1 atom stereocenters. The summed E-state index contributed by atoms with van der Waals surface area (Å²) >= 11 is 0. The van der Waals surface area contributed by atoms with Gasteiger partial charge >= 0.3 is 13.8 Å². The van der Waals surface area contributed by atoms with Crippen molar-refractivity contribution < 1.29 is 18.8 Å². The van der Waals surface area contributed by atoms with Gasteiger partial charge in [-0.25, -0.2) is 4.79 Å². The van der Waals surface area contributed by atoms with Crippen LogP contribution in [-0.4, -0.2) is 32.2 Å². The first-order valence-corrected chi connectivity index (χ1v) is 4.90. The highest BCUT2D eigenvalue weighted by Gasteiger charge is 2.20. The molecule has 0 saturated carbocycles. The van der Waals surface area contributed by atoms with Gasteiger partial charge in [-0.15, -0.1) is 0 Å². The summed E-state index contributed by atoms with van der Waals surface area (Å²) in [5, 5.41) is 0. The molecule has 0 aliphatic heterocycles. The van der Waals surface area contributed by atoms with Crippen molar-refractivity contribution in [1.82, 2.24) is 0 Å². The largest absolute Gasteiger partial charge is 0.466 e. The highest BCUT2D eigenvalue weighted by atomic mass is 31.1. The summed E-state index contributed by atoms with van der Waals surface area (Å²) in [4.78, 5) is 10.5. The van der Waals surface area contributed by atoms with Crippen molar-refractivity contribution in [2.45, 2.75) is 6.92 Å². The Labute approximate surface area is 66.7 Å². The fourth-order valence-electron chi connectivity index (χ4n) is 0.447. The molecule has 0 aromatic rings. The Balaban J connectivity index is 3.44. The summed E-state index contributed by atoms with van der Waals surface area (Å²) in [6, 6.07) is 0. The van der Waals surface area contributed by atoms with Crippen LogP contribution in [0.2, 0.25) is 0 Å². The van der Waals surface area contributed by atoms with Crippen LogP contribution >= 0.6 is 7.80 Å². The van der Waals surface area contributed by atoms with E-state index in [9.17, 15) is 9.36 Å². The summed E-state index contributed by atoms with van der Waals surface area (Å²) < 4.78 is 20.1. The van der Waals surface area contributed by atoms with Crippen LogP contribution in [0.15, 0.2) is 0 Å². The SMILES string of the molecule is CCOC[P+](=O)CC(=O)OC. The zero-order chi connectivity index (χ0) is 8.69. The second-order valence-electron chi connectivity index (χ2n) is 1.84. The van der Waals surface area contributed by atoms with Crippen molar-refractivity contribution in [2.24, 2.45) is 0 Å². The van der Waals surface area contributed by atoms with E-state index in [2.05, 4.69) is 4.74 Å². The van der Waals surface area contributed by atoms with Crippen LogP contribution in [0.4, 0.5) is 0 Å². The summed E-state index contributed by atoms with van der Waals surface area (Å²) in [5.74, 6) is -0.453. The molecule has 0 spiro atoms. The number of hydrogen-bond donors (Lipinski definition) is 0. The lowest BCUT2D eigenvalue weighted by Crippen LogP contribution is -2.04. The molecule has 0 radical (unpaired) electrons. The maximum Gasteiger partial charge on any atom is 0.378 e. The van der Waals surface area contributed by atoms with Gasteiger partial charge in [0.2, 0.25) is 12.5 Å². The molecular weight excluding hydrogens is 167 g/mol. The van der Waals surface area contributed by atoms with Gasteiger partial charge in [0.25, 0.3) is 0 Å². The number of methoxy groups -OCH3 is 1. The lowest BCUT2D eigenvalue weighted by atomic mass is 10.8. The van der Waals surface area contributed by atoms with Crippen LogP contribution < -0.4 is 0 Å². The molecule has 4 nitrogen and oxygen atoms in total. The molecule has 11 heavy (non-hydrogen) atoms. The lowest BCUT2D eigenvalue weighted by molar-refractivity contribution is -0.137. The van der Waals surface area contributed by atoms with Gasteiger partial charge in [0.15, 0.2) is 0 Å². The van der Waals surface area contributed by atoms with Crippen molar-refractivity contribution in [3.63, 3.8) is 0 Å². The third-order valence-corrected chi connectivity index (χ3v) is 2.05. The van der Waals surface area contributed by atoms with Crippen LogP contribution in [0.25, 0.3) is 0 Å². The number of hydrogen-bond acceptors (Lipinski definition) is 4. The van der Waals surface area contributed by atoms with E-state index >= 15 is 0 Å². The number of carbonyl (C=O) groups excluding carboxylic acids is 1. The molecule has 0 aromatic carbocycles. The maximum absolute atomic E-state index is 10.9. The van der Waals surface area contributed by atoms with Gasteiger partial charge in [-0.1, -0.05) is 4.57 Å². The van der Waals surface area contributed by atoms with E-state index in [1.54, 1.807) is 6.92 Å². The zero-order valence-electron chi connectivity index (χ0n) is 6.70. The third kappa shape index (κ3) is 5.95. The molecule has 64 valence electrons. The second-order valence-corrected chi connectivity index (χ2v) is 3.38. The average Bonchev–Trinajstić information content (AvgIpc) is 2.00. The molecule has 1 unspecified atom stereocenters. The third-order valence-electron chi connectivity index (χ3n) is 0.973. The summed E-state index contributed by atoms with van der Waals surface area (Å²) in [5.41, 5.74) is 0. The van der Waals surface area contributed by atoms with Gasteiger partial charge < -0.3 is 9.47 Å². The minimum absolute atomic E-state index is 0.0498. The smallest absolute Gasteiger partial charge is 0.378 e. The van der Waals surface area contributed by atoms with E-state index in [0.29, 0.717) is 6.61 Å². The molecular formula is C6H12O4P+. The van der Waals surface area contributed by atoms with E-state index in [0.717, 1.165) is 0 Å². The number of ether oxygens (including phenoxy) is 2. The molecule has 0 aliphatic rings. The van der Waals surface area contributed by atoms with Crippen LogP contribution in [0.1, 0.15) is 6.92 Å². The predicted octanol–water partition coefficient (Wildman–Crippen LogP) is 0.981. The van der Waals surface area contributed by atoms with Crippen LogP contribution in [0.5, 0.6) is 0 Å². The van der Waals surface area contributed by atoms with Gasteiger partial charge in [-0.2, -0.15) is 0 Å². The van der Waals surface area contributed by atoms with Crippen molar-refractivity contribution in [1.29, 1.82) is 0 Å². The van der Waals surface area contributed by atoms with E-state index < -0.39 is 13.8 Å². The van der Waals surface area contributed by atoms with Crippen LogP contribution in [0, 0.1) is 0 Å². The molecule has 0 N–H and O–H groups in total. The van der Waals surface area contributed by atoms with Gasteiger partial charge in [0, 0.05) is 6.61 Å². The van der Waals surface area contributed by atoms with Crippen molar-refractivity contribution in [3.8, 4) is 0 Å². The highest BCUT2D eigenvalue weighted by Crippen LogP contribution is 2.19. The Hall–Kier alpha value is -0.470. The normalized spacial score (nSPS) is 10.9. The average molecular weight is 179 g/mol. The van der Waals surface area contributed by atoms with Crippen molar-refractivity contribution in [2.75, 3.05) is 26.2 Å². The van der Waals surface area contributed by atoms with Gasteiger partial charge in [0.05, 0.1) is 7.11 Å². The van der Waals surface area contributed by atoms with E-state index in [-0.39, 0.29) is 12.5 Å². The molecule has 0 rings (SSSR count). The van der Waals surface area contributed by atoms with Gasteiger partial charge in [0.1, 0.15) is 0 Å². The standard InChI is InChI=1S/C6H12O4P/c1-3-10-5-11(8)4-6(7)9-2/h3-5H2,1-2H3/q+1. The van der Waals surface area contributed by atoms with Crippen molar-refractivity contribution in [3.05, 3.63) is 0 Å². The van der Waals surface area contributed by atoms with Gasteiger partial charge in [-0.05, 0) is 6.92 Å². The molecule has 0 amide bonds. The monoisotopic (exact) mass is 179 g/mol. The maximum atomic E-state index is 10.9. The minimum atomic E-state index is -1.58. The minimum Gasteiger partial charge on any atom is -0.466 e. The lowest BCUT2D eigenvalue weighted by Gasteiger charge is -1.90. The summed E-state index contributed by atoms with van der Waals surface area (Å²) in [7, 11) is -0.308. The quantitative estimate of drug-likeness (QED) is 0.466. The molecule has 0 saturated heterocycles. The number of rotatable bonds is 5. The first-order chi connectivity index (χ1) is 5.20. The molecule has 0 bridgehead atoms. The topological polar surface area (TPSA) is 52.6 Å². The number of carbonyl (C=O) groups is 1. The molecule has 0 aliphatic carbocycles. The van der Waals surface area contributed by atoms with E-state index in [4.69, 9.17) is 4.74 Å². The molecule has 0 aromatic heterocycles. The second kappa shape index (κ2) is 6.25. The Morgan fingerprint density at radius 3 is 2.64 bits per heavy atom. The predicted molar refractivity (Wildman–Crippen MR) is 41.0 cm³/mol. The first-order valence-electron chi connectivity index (χ1n) is 3.27. The van der Waals surface area contributed by atoms with Crippen LogP contribution in [-0.2, 0) is 18.8 Å². The van der Waals surface area contributed by atoms with Crippen molar-refractivity contribution >= 4 is 13.8 Å². The fraction of sp³-hybridized carbons (Fsp3) is 0.833. The Bertz CT molecular complexity index is 146.